The Bertz CT molecular complexity index is 1190. The molecule has 4 rings (SSSR count). The van der Waals surface area contributed by atoms with Crippen molar-refractivity contribution in [3.63, 3.8) is 0 Å². The first-order valence-corrected chi connectivity index (χ1v) is 12.6. The molecule has 164 valence electrons. The number of nitrogens with one attached hydrogen (secondary N) is 1. The van der Waals surface area contributed by atoms with Gasteiger partial charge in [0.1, 0.15) is 5.82 Å². The predicted molar refractivity (Wildman–Crippen MR) is 120 cm³/mol. The van der Waals surface area contributed by atoms with Crippen LogP contribution >= 0.6 is 11.3 Å². The van der Waals surface area contributed by atoms with Crippen molar-refractivity contribution in [3.8, 4) is 0 Å². The van der Waals surface area contributed by atoms with Gasteiger partial charge in [0.05, 0.1) is 15.1 Å². The monoisotopic (exact) mass is 461 g/mol. The number of benzene rings is 2. The number of halogens is 1. The van der Waals surface area contributed by atoms with E-state index in [1.165, 1.54) is 47.7 Å². The molecule has 1 aliphatic carbocycles. The lowest BCUT2D eigenvalue weighted by atomic mass is 9.95. The largest absolute Gasteiger partial charge is 0.298 e. The van der Waals surface area contributed by atoms with E-state index in [1.807, 2.05) is 6.92 Å². The number of thiazole rings is 1. The molecule has 0 radical (unpaired) electrons. The molecule has 31 heavy (non-hydrogen) atoms. The molecule has 1 N–H and O–H groups in total. The first-order chi connectivity index (χ1) is 14.9. The van der Waals surface area contributed by atoms with Crippen LogP contribution in [0.4, 0.5) is 9.52 Å². The van der Waals surface area contributed by atoms with Gasteiger partial charge in [0.2, 0.25) is 10.0 Å². The fraction of sp³-hybridized carbons (Fsp3) is 0.364. The minimum atomic E-state index is -3.62. The zero-order valence-electron chi connectivity index (χ0n) is 17.2. The molecular weight excluding hydrogens is 437 g/mol. The highest BCUT2D eigenvalue weighted by Gasteiger charge is 2.31. The highest BCUT2D eigenvalue weighted by Crippen LogP contribution is 2.29. The van der Waals surface area contributed by atoms with Gasteiger partial charge in [-0.1, -0.05) is 37.5 Å². The van der Waals surface area contributed by atoms with E-state index in [0.29, 0.717) is 27.5 Å². The van der Waals surface area contributed by atoms with Gasteiger partial charge in [-0.2, -0.15) is 4.31 Å². The number of sulfonamides is 1. The minimum absolute atomic E-state index is 0.0376. The second-order valence-electron chi connectivity index (χ2n) is 7.61. The van der Waals surface area contributed by atoms with Crippen LogP contribution in [0.2, 0.25) is 0 Å². The standard InChI is InChI=1S/C22H24FN3O3S2/c1-2-26(17-6-4-3-5-7-17)31(28,29)18-11-8-15(9-12-18)21(27)25-22-24-19-13-10-16(23)14-20(19)30-22/h8-14,17H,2-7H2,1H3,(H,24,25,27). The van der Waals surface area contributed by atoms with Crippen molar-refractivity contribution >= 4 is 42.6 Å². The Morgan fingerprint density at radius 1 is 1.16 bits per heavy atom. The summed E-state index contributed by atoms with van der Waals surface area (Å²) in [5.41, 5.74) is 0.926. The number of nitrogens with zero attached hydrogens (tertiary/aromatic N) is 2. The third-order valence-corrected chi connectivity index (χ3v) is 8.56. The van der Waals surface area contributed by atoms with Crippen LogP contribution in [-0.4, -0.2) is 36.2 Å². The minimum Gasteiger partial charge on any atom is -0.298 e. The smallest absolute Gasteiger partial charge is 0.257 e. The Balaban J connectivity index is 1.50. The van der Waals surface area contributed by atoms with Crippen LogP contribution in [0, 0.1) is 5.82 Å². The molecule has 1 aliphatic rings. The molecule has 1 saturated carbocycles. The SMILES string of the molecule is CCN(C1CCCCC1)S(=O)(=O)c1ccc(C(=O)Nc2nc3ccc(F)cc3s2)cc1. The number of fused-ring (bicyclic) bond motifs is 1. The van der Waals surface area contributed by atoms with Gasteiger partial charge in [0.25, 0.3) is 5.91 Å². The van der Waals surface area contributed by atoms with Crippen LogP contribution in [0.15, 0.2) is 47.4 Å². The molecule has 0 spiro atoms. The van der Waals surface area contributed by atoms with E-state index in [9.17, 15) is 17.6 Å². The third kappa shape index (κ3) is 4.63. The van der Waals surface area contributed by atoms with Crippen molar-refractivity contribution in [2.45, 2.75) is 50.0 Å². The van der Waals surface area contributed by atoms with Gasteiger partial charge in [-0.25, -0.2) is 17.8 Å². The molecule has 0 atom stereocenters. The Labute approximate surface area is 185 Å². The topological polar surface area (TPSA) is 79.4 Å². The maximum absolute atomic E-state index is 13.3. The number of anilines is 1. The first-order valence-electron chi connectivity index (χ1n) is 10.4. The van der Waals surface area contributed by atoms with Gasteiger partial charge in [-0.15, -0.1) is 0 Å². The summed E-state index contributed by atoms with van der Waals surface area (Å²) in [6.45, 7) is 2.28. The van der Waals surface area contributed by atoms with Crippen molar-refractivity contribution < 1.29 is 17.6 Å². The van der Waals surface area contributed by atoms with E-state index < -0.39 is 15.9 Å². The van der Waals surface area contributed by atoms with Crippen molar-refractivity contribution in [3.05, 3.63) is 53.8 Å². The van der Waals surface area contributed by atoms with Crippen LogP contribution in [0.5, 0.6) is 0 Å². The van der Waals surface area contributed by atoms with Crippen molar-refractivity contribution in [1.82, 2.24) is 9.29 Å². The fourth-order valence-electron chi connectivity index (χ4n) is 4.03. The average molecular weight is 462 g/mol. The number of amides is 1. The molecule has 2 aromatic carbocycles. The summed E-state index contributed by atoms with van der Waals surface area (Å²) in [4.78, 5) is 17.0. The van der Waals surface area contributed by atoms with Gasteiger partial charge in [-0.05, 0) is 55.3 Å². The molecule has 0 aliphatic heterocycles. The van der Waals surface area contributed by atoms with Crippen LogP contribution < -0.4 is 5.32 Å². The number of hydrogen-bond donors (Lipinski definition) is 1. The fourth-order valence-corrected chi connectivity index (χ4v) is 6.61. The Morgan fingerprint density at radius 2 is 1.87 bits per heavy atom. The maximum Gasteiger partial charge on any atom is 0.257 e. The summed E-state index contributed by atoms with van der Waals surface area (Å²) in [7, 11) is -3.62. The Kier molecular flexibility index (Phi) is 6.36. The van der Waals surface area contributed by atoms with Crippen LogP contribution in [0.25, 0.3) is 10.2 Å². The average Bonchev–Trinajstić information content (AvgIpc) is 3.16. The molecule has 0 bridgehead atoms. The molecule has 3 aromatic rings. The van der Waals surface area contributed by atoms with Gasteiger partial charge < -0.3 is 0 Å². The van der Waals surface area contributed by atoms with Gasteiger partial charge in [0.15, 0.2) is 5.13 Å². The van der Waals surface area contributed by atoms with E-state index in [-0.39, 0.29) is 16.8 Å². The third-order valence-electron chi connectivity index (χ3n) is 5.59. The molecule has 1 amide bonds. The number of hydrogen-bond acceptors (Lipinski definition) is 5. The van der Waals surface area contributed by atoms with E-state index in [2.05, 4.69) is 10.3 Å². The lowest BCUT2D eigenvalue weighted by Gasteiger charge is -2.32. The molecule has 0 unspecified atom stereocenters. The molecular formula is C22H24FN3O3S2. The van der Waals surface area contributed by atoms with E-state index in [0.717, 1.165) is 32.1 Å². The van der Waals surface area contributed by atoms with Crippen LogP contribution in [-0.2, 0) is 10.0 Å². The molecule has 1 fully saturated rings. The molecule has 1 heterocycles. The lowest BCUT2D eigenvalue weighted by Crippen LogP contribution is -2.41. The van der Waals surface area contributed by atoms with Gasteiger partial charge in [0, 0.05) is 18.2 Å². The molecule has 0 saturated heterocycles. The highest BCUT2D eigenvalue weighted by molar-refractivity contribution is 7.89. The summed E-state index contributed by atoms with van der Waals surface area (Å²) in [5.74, 6) is -0.761. The van der Waals surface area contributed by atoms with Crippen LogP contribution in [0.3, 0.4) is 0 Å². The Morgan fingerprint density at radius 3 is 2.55 bits per heavy atom. The predicted octanol–water partition coefficient (Wildman–Crippen LogP) is 5.03. The quantitative estimate of drug-likeness (QED) is 0.558. The summed E-state index contributed by atoms with van der Waals surface area (Å²) in [6, 6.07) is 10.2. The highest BCUT2D eigenvalue weighted by atomic mass is 32.2. The van der Waals surface area contributed by atoms with Crippen molar-refractivity contribution in [1.29, 1.82) is 0 Å². The van der Waals surface area contributed by atoms with Gasteiger partial charge >= 0.3 is 0 Å². The summed E-state index contributed by atoms with van der Waals surface area (Å²) in [5, 5.41) is 3.06. The summed E-state index contributed by atoms with van der Waals surface area (Å²) < 4.78 is 41.9. The van der Waals surface area contributed by atoms with E-state index in [1.54, 1.807) is 10.4 Å². The Hall–Kier alpha value is -2.36. The zero-order valence-corrected chi connectivity index (χ0v) is 18.8. The van der Waals surface area contributed by atoms with Crippen LogP contribution in [0.1, 0.15) is 49.4 Å². The van der Waals surface area contributed by atoms with Crippen molar-refractivity contribution in [2.75, 3.05) is 11.9 Å². The second-order valence-corrected chi connectivity index (χ2v) is 10.5. The van der Waals surface area contributed by atoms with E-state index >= 15 is 0 Å². The maximum atomic E-state index is 13.3. The number of aromatic nitrogens is 1. The number of carbonyl (C=O) groups excluding carboxylic acids is 1. The lowest BCUT2D eigenvalue weighted by molar-refractivity contribution is 0.102. The second kappa shape index (κ2) is 9.02. The summed E-state index contributed by atoms with van der Waals surface area (Å²) >= 11 is 1.18. The molecule has 9 heteroatoms. The number of carbonyl (C=O) groups is 1. The molecule has 1 aromatic heterocycles. The van der Waals surface area contributed by atoms with Crippen molar-refractivity contribution in [2.24, 2.45) is 0 Å². The zero-order chi connectivity index (χ0) is 22.0. The van der Waals surface area contributed by atoms with E-state index in [4.69, 9.17) is 0 Å². The normalized spacial score (nSPS) is 15.5. The summed E-state index contributed by atoms with van der Waals surface area (Å²) in [6.07, 6.45) is 5.03. The molecule has 6 nitrogen and oxygen atoms in total. The van der Waals surface area contributed by atoms with Gasteiger partial charge in [-0.3, -0.25) is 10.1 Å². The number of rotatable bonds is 6. The first kappa shape index (κ1) is 21.9.